The SMILES string of the molecule is N=C(NC1CCNC1)c1ccc(OCC(O/N=C(\C(=O)N[C@@H]2C(=O)N(S(=O)(=O)O)[C@@H]2Cn2cncn2)c2csc(N)n2)C(=O)O)cc1. The van der Waals surface area contributed by atoms with Crippen molar-refractivity contribution in [2.24, 2.45) is 5.16 Å². The molecule has 4 heterocycles. The zero-order valence-electron chi connectivity index (χ0n) is 24.2. The molecular formula is C25H29N11O9S2. The largest absolute Gasteiger partial charge is 0.489 e. The number of nitrogen functional groups attached to an aromatic ring is 1. The van der Waals surface area contributed by atoms with Crippen molar-refractivity contribution < 1.29 is 42.0 Å². The summed E-state index contributed by atoms with van der Waals surface area (Å²) >= 11 is 0.937. The number of carboxylic acid groups (broad SMARTS) is 1. The third-order valence-corrected chi connectivity index (χ3v) is 8.65. The predicted octanol–water partition coefficient (Wildman–Crippen LogP) is -1.95. The van der Waals surface area contributed by atoms with E-state index in [9.17, 15) is 32.5 Å². The van der Waals surface area contributed by atoms with Gasteiger partial charge in [-0.3, -0.25) is 24.2 Å². The van der Waals surface area contributed by atoms with Crippen LogP contribution >= 0.6 is 11.3 Å². The third-order valence-electron chi connectivity index (χ3n) is 7.02. The minimum Gasteiger partial charge on any atom is -0.489 e. The number of amidine groups is 1. The van der Waals surface area contributed by atoms with Crippen LogP contribution < -0.4 is 26.4 Å². The van der Waals surface area contributed by atoms with E-state index in [1.54, 1.807) is 24.3 Å². The molecular weight excluding hydrogens is 662 g/mol. The number of carbonyl (C=O) groups is 3. The highest BCUT2D eigenvalue weighted by molar-refractivity contribution is 7.84. The molecule has 8 N–H and O–H groups in total. The van der Waals surface area contributed by atoms with Gasteiger partial charge >= 0.3 is 16.3 Å². The maximum absolute atomic E-state index is 13.3. The fraction of sp³-hybridized carbons (Fsp3) is 0.360. The molecule has 5 rings (SSSR count). The van der Waals surface area contributed by atoms with E-state index in [0.29, 0.717) is 5.56 Å². The molecule has 2 aliphatic heterocycles. The Labute approximate surface area is 270 Å². The highest BCUT2D eigenvalue weighted by Crippen LogP contribution is 2.25. The molecule has 0 radical (unpaired) electrons. The Morgan fingerprint density at radius 1 is 1.28 bits per heavy atom. The summed E-state index contributed by atoms with van der Waals surface area (Å²) in [6, 6.07) is 3.77. The number of β-lactam (4-membered cyclic amide) rings is 1. The lowest BCUT2D eigenvalue weighted by atomic mass is 9.98. The molecule has 0 bridgehead atoms. The van der Waals surface area contributed by atoms with E-state index < -0.39 is 58.6 Å². The van der Waals surface area contributed by atoms with Gasteiger partial charge in [0.2, 0.25) is 0 Å². The number of hydrogen-bond donors (Lipinski definition) is 7. The van der Waals surface area contributed by atoms with Gasteiger partial charge in [0.25, 0.3) is 17.9 Å². The Hall–Kier alpha value is -5.19. The number of nitrogens with zero attached hydrogens (tertiary/aromatic N) is 6. The van der Waals surface area contributed by atoms with E-state index in [1.807, 2.05) is 0 Å². The van der Waals surface area contributed by atoms with Crippen molar-refractivity contribution in [1.29, 1.82) is 5.41 Å². The maximum Gasteiger partial charge on any atom is 0.362 e. The van der Waals surface area contributed by atoms with Crippen molar-refractivity contribution >= 4 is 56.1 Å². The number of ether oxygens (including phenoxy) is 1. The second-order valence-electron chi connectivity index (χ2n) is 10.2. The number of anilines is 1. The first-order valence-electron chi connectivity index (χ1n) is 13.8. The monoisotopic (exact) mass is 691 g/mol. The van der Waals surface area contributed by atoms with Gasteiger partial charge < -0.3 is 36.4 Å². The average molecular weight is 692 g/mol. The molecule has 0 saturated carbocycles. The lowest BCUT2D eigenvalue weighted by molar-refractivity contribution is -0.152. The zero-order chi connectivity index (χ0) is 33.7. The van der Waals surface area contributed by atoms with Crippen molar-refractivity contribution in [3.8, 4) is 5.75 Å². The van der Waals surface area contributed by atoms with Crippen LogP contribution in [0.3, 0.4) is 0 Å². The smallest absolute Gasteiger partial charge is 0.362 e. The topological polar surface area (TPSA) is 289 Å². The number of aromatic nitrogens is 4. The van der Waals surface area contributed by atoms with Crippen LogP contribution in [-0.4, -0.2) is 115 Å². The number of rotatable bonds is 14. The number of hydrogen-bond acceptors (Lipinski definition) is 15. The molecule has 2 aliphatic rings. The van der Waals surface area contributed by atoms with Crippen LogP contribution in [0.2, 0.25) is 0 Å². The lowest BCUT2D eigenvalue weighted by Crippen LogP contribution is -2.73. The minimum atomic E-state index is -4.98. The summed E-state index contributed by atoms with van der Waals surface area (Å²) in [7, 11) is -4.98. The molecule has 4 atom stereocenters. The van der Waals surface area contributed by atoms with Crippen LogP contribution in [0.5, 0.6) is 5.75 Å². The minimum absolute atomic E-state index is 0.0339. The molecule has 2 amide bonds. The molecule has 22 heteroatoms. The van der Waals surface area contributed by atoms with Gasteiger partial charge in [0.05, 0.1) is 12.6 Å². The standard InChI is InChI=1S/C25H29N11O9S2/c26-21(31-14-5-6-28-7-14)13-1-3-15(4-2-13)44-9-18(24(39)40)45-34-19(16-10-46-25(27)32-16)22(37)33-20-17(8-35-12-29-11-30-35)36(23(20)38)47(41,42)43/h1-4,10-12,14,17-18,20,28H,5-9H2,(H2,26,31)(H2,27,32)(H,33,37)(H,39,40)(H,41,42,43)/b34-19-/t14?,17-,18?,20+/m1/s1. The molecule has 2 unspecified atom stereocenters. The van der Waals surface area contributed by atoms with Gasteiger partial charge in [-0.05, 0) is 37.2 Å². The highest BCUT2D eigenvalue weighted by Gasteiger charge is 2.54. The average Bonchev–Trinajstić information content (AvgIpc) is 3.81. The Balaban J connectivity index is 1.27. The number of benzene rings is 1. The normalized spacial score (nSPS) is 20.3. The molecule has 1 aromatic carbocycles. The Kier molecular flexibility index (Phi) is 9.93. The Morgan fingerprint density at radius 3 is 2.64 bits per heavy atom. The molecule has 250 valence electrons. The quantitative estimate of drug-likeness (QED) is 0.0318. The first-order chi connectivity index (χ1) is 22.4. The van der Waals surface area contributed by atoms with Crippen molar-refractivity contribution in [3.63, 3.8) is 0 Å². The fourth-order valence-electron chi connectivity index (χ4n) is 4.69. The third kappa shape index (κ3) is 7.97. The Morgan fingerprint density at radius 2 is 2.04 bits per heavy atom. The molecule has 0 spiro atoms. The number of aliphatic carboxylic acids is 1. The van der Waals surface area contributed by atoms with Gasteiger partial charge in [-0.25, -0.2) is 19.1 Å². The van der Waals surface area contributed by atoms with Crippen LogP contribution in [0, 0.1) is 5.41 Å². The van der Waals surface area contributed by atoms with Crippen molar-refractivity contribution in [2.75, 3.05) is 25.4 Å². The first kappa shape index (κ1) is 33.2. The van der Waals surface area contributed by atoms with Crippen LogP contribution in [0.1, 0.15) is 17.7 Å². The zero-order valence-corrected chi connectivity index (χ0v) is 25.8. The molecule has 47 heavy (non-hydrogen) atoms. The highest BCUT2D eigenvalue weighted by atomic mass is 32.2. The summed E-state index contributed by atoms with van der Waals surface area (Å²) in [5, 5.41) is 35.6. The van der Waals surface area contributed by atoms with E-state index in [1.165, 1.54) is 16.4 Å². The number of amides is 2. The second-order valence-corrected chi connectivity index (χ2v) is 12.4. The van der Waals surface area contributed by atoms with Gasteiger partial charge in [-0.1, -0.05) is 5.16 Å². The van der Waals surface area contributed by atoms with Gasteiger partial charge in [-0.15, -0.1) is 11.3 Å². The number of nitrogens with two attached hydrogens (primary N) is 1. The van der Waals surface area contributed by atoms with E-state index in [0.717, 1.165) is 37.2 Å². The van der Waals surface area contributed by atoms with Crippen molar-refractivity contribution in [1.82, 2.24) is 40.0 Å². The molecule has 3 aromatic rings. The molecule has 2 fully saturated rings. The molecule has 20 nitrogen and oxygen atoms in total. The van der Waals surface area contributed by atoms with Crippen molar-refractivity contribution in [3.05, 3.63) is 53.6 Å². The lowest BCUT2D eigenvalue weighted by Gasteiger charge is -2.43. The van der Waals surface area contributed by atoms with E-state index in [-0.39, 0.29) is 39.3 Å². The van der Waals surface area contributed by atoms with Gasteiger partial charge in [0.1, 0.15) is 42.6 Å². The summed E-state index contributed by atoms with van der Waals surface area (Å²) in [5.74, 6) is -3.20. The molecule has 0 aliphatic carbocycles. The second kappa shape index (κ2) is 14.1. The first-order valence-corrected chi connectivity index (χ1v) is 16.1. The maximum atomic E-state index is 13.3. The molecule has 2 saturated heterocycles. The number of thiazole rings is 1. The van der Waals surface area contributed by atoms with Crippen LogP contribution in [0.4, 0.5) is 5.13 Å². The summed E-state index contributed by atoms with van der Waals surface area (Å²) in [6.07, 6.45) is 1.58. The van der Waals surface area contributed by atoms with Crippen LogP contribution in [0.15, 0.2) is 47.5 Å². The van der Waals surface area contributed by atoms with E-state index in [4.69, 9.17) is 20.7 Å². The van der Waals surface area contributed by atoms with Crippen LogP contribution in [-0.2, 0) is 36.1 Å². The van der Waals surface area contributed by atoms with Crippen LogP contribution in [0.25, 0.3) is 0 Å². The number of carboxylic acids is 1. The Bertz CT molecular complexity index is 1760. The van der Waals surface area contributed by atoms with E-state index >= 15 is 0 Å². The predicted molar refractivity (Wildman–Crippen MR) is 163 cm³/mol. The molecule has 2 aromatic heterocycles. The van der Waals surface area contributed by atoms with E-state index in [2.05, 4.69) is 36.2 Å². The summed E-state index contributed by atoms with van der Waals surface area (Å²) in [4.78, 5) is 50.9. The number of carbonyl (C=O) groups excluding carboxylic acids is 2. The summed E-state index contributed by atoms with van der Waals surface area (Å²) in [6.45, 7) is 0.829. The fourth-order valence-corrected chi connectivity index (χ4v) is 6.11. The number of oxime groups is 1. The number of nitrogens with one attached hydrogen (secondary N) is 4. The summed E-state index contributed by atoms with van der Waals surface area (Å²) in [5.41, 5.74) is 5.61. The van der Waals surface area contributed by atoms with Gasteiger partial charge in [0, 0.05) is 23.5 Å². The van der Waals surface area contributed by atoms with Crippen molar-refractivity contribution in [2.45, 2.75) is 37.2 Å². The summed E-state index contributed by atoms with van der Waals surface area (Å²) < 4.78 is 40.1. The van der Waals surface area contributed by atoms with Gasteiger partial charge in [0.15, 0.2) is 10.8 Å². The van der Waals surface area contributed by atoms with Gasteiger partial charge in [-0.2, -0.15) is 13.5 Å².